The van der Waals surface area contributed by atoms with E-state index in [1.807, 2.05) is 26.0 Å². The molecule has 1 aromatic rings. The average Bonchev–Trinajstić information content (AvgIpc) is 2.29. The van der Waals surface area contributed by atoms with Crippen LogP contribution in [0.2, 0.25) is 0 Å². The number of ether oxygens (including phenoxy) is 2. The molecule has 0 unspecified atom stereocenters. The Bertz CT molecular complexity index is 383. The van der Waals surface area contributed by atoms with E-state index in [0.29, 0.717) is 12.8 Å². The zero-order valence-corrected chi connectivity index (χ0v) is 10.3. The van der Waals surface area contributed by atoms with Crippen LogP contribution in [0.5, 0.6) is 11.5 Å². The van der Waals surface area contributed by atoms with Crippen molar-refractivity contribution in [3.63, 3.8) is 0 Å². The van der Waals surface area contributed by atoms with Crippen molar-refractivity contribution in [1.82, 2.24) is 0 Å². The molecule has 1 aromatic carbocycles. The Morgan fingerprint density at radius 1 is 1.25 bits per heavy atom. The number of Topliss-reactive ketones (excluding diaryl/α,β-unsaturated/α-hetero) is 1. The molecule has 0 aliphatic rings. The minimum absolute atomic E-state index is 0.211. The quantitative estimate of drug-likeness (QED) is 0.768. The molecule has 0 aliphatic heterocycles. The van der Waals surface area contributed by atoms with Crippen LogP contribution in [0.3, 0.4) is 0 Å². The number of rotatable bonds is 5. The van der Waals surface area contributed by atoms with Crippen LogP contribution < -0.4 is 9.47 Å². The summed E-state index contributed by atoms with van der Waals surface area (Å²) in [4.78, 5) is 11.4. The van der Waals surface area contributed by atoms with E-state index in [1.165, 1.54) is 0 Å². The summed E-state index contributed by atoms with van der Waals surface area (Å²) in [6.07, 6.45) is 0.971. The summed E-state index contributed by atoms with van der Waals surface area (Å²) in [5, 5.41) is 0. The van der Waals surface area contributed by atoms with Crippen molar-refractivity contribution in [2.24, 2.45) is 0 Å². The first-order valence-corrected chi connectivity index (χ1v) is 5.36. The predicted molar refractivity (Wildman–Crippen MR) is 63.3 cm³/mol. The van der Waals surface area contributed by atoms with Gasteiger partial charge >= 0.3 is 0 Å². The molecule has 0 spiro atoms. The van der Waals surface area contributed by atoms with E-state index >= 15 is 0 Å². The van der Waals surface area contributed by atoms with Crippen molar-refractivity contribution in [2.45, 2.75) is 26.7 Å². The van der Waals surface area contributed by atoms with E-state index < -0.39 is 0 Å². The summed E-state index contributed by atoms with van der Waals surface area (Å²) in [7, 11) is 3.24. The van der Waals surface area contributed by atoms with Crippen LogP contribution in [-0.4, -0.2) is 20.0 Å². The van der Waals surface area contributed by atoms with E-state index in [1.54, 1.807) is 14.2 Å². The molecular formula is C13H18O3. The topological polar surface area (TPSA) is 35.5 Å². The number of carbonyl (C=O) groups excluding carboxylic acids is 1. The smallest absolute Gasteiger partial charge is 0.137 e. The molecule has 0 amide bonds. The Morgan fingerprint density at radius 3 is 2.44 bits per heavy atom. The molecular weight excluding hydrogens is 204 g/mol. The largest absolute Gasteiger partial charge is 0.496 e. The summed E-state index contributed by atoms with van der Waals surface area (Å²) >= 11 is 0. The molecule has 0 saturated carbocycles. The standard InChI is InChI=1S/C13H18O3/c1-5-11(14)8-10-6-7-12(15-3)9(2)13(10)16-4/h6-7H,5,8H2,1-4H3. The molecule has 0 fully saturated rings. The third kappa shape index (κ3) is 2.54. The molecule has 88 valence electrons. The number of methoxy groups -OCH3 is 2. The van der Waals surface area contributed by atoms with Crippen molar-refractivity contribution in [3.8, 4) is 11.5 Å². The first kappa shape index (κ1) is 12.6. The van der Waals surface area contributed by atoms with E-state index in [0.717, 1.165) is 22.6 Å². The Kier molecular flexibility index (Phi) is 4.35. The Labute approximate surface area is 96.4 Å². The molecule has 3 nitrogen and oxygen atoms in total. The second-order valence-corrected chi connectivity index (χ2v) is 3.65. The number of hydrogen-bond acceptors (Lipinski definition) is 3. The fourth-order valence-corrected chi connectivity index (χ4v) is 1.71. The van der Waals surface area contributed by atoms with Crippen LogP contribution in [0, 0.1) is 6.92 Å². The van der Waals surface area contributed by atoms with Crippen LogP contribution in [0.15, 0.2) is 12.1 Å². The van der Waals surface area contributed by atoms with Gasteiger partial charge in [0.15, 0.2) is 0 Å². The zero-order chi connectivity index (χ0) is 12.1. The molecule has 3 heteroatoms. The highest BCUT2D eigenvalue weighted by Crippen LogP contribution is 2.31. The van der Waals surface area contributed by atoms with Gasteiger partial charge in [0.25, 0.3) is 0 Å². The number of benzene rings is 1. The highest BCUT2D eigenvalue weighted by Gasteiger charge is 2.13. The molecule has 0 N–H and O–H groups in total. The van der Waals surface area contributed by atoms with Gasteiger partial charge in [-0.2, -0.15) is 0 Å². The third-order valence-electron chi connectivity index (χ3n) is 2.64. The van der Waals surface area contributed by atoms with Gasteiger partial charge in [0, 0.05) is 24.0 Å². The summed E-state index contributed by atoms with van der Waals surface area (Å²) < 4.78 is 10.5. The minimum Gasteiger partial charge on any atom is -0.496 e. The van der Waals surface area contributed by atoms with Gasteiger partial charge in [-0.15, -0.1) is 0 Å². The van der Waals surface area contributed by atoms with Gasteiger partial charge in [0.1, 0.15) is 17.3 Å². The van der Waals surface area contributed by atoms with Crippen molar-refractivity contribution in [1.29, 1.82) is 0 Å². The highest BCUT2D eigenvalue weighted by atomic mass is 16.5. The lowest BCUT2D eigenvalue weighted by Gasteiger charge is -2.13. The molecule has 0 atom stereocenters. The maximum absolute atomic E-state index is 11.4. The molecule has 0 bridgehead atoms. The van der Waals surface area contributed by atoms with E-state index in [-0.39, 0.29) is 5.78 Å². The summed E-state index contributed by atoms with van der Waals surface area (Å²) in [5.74, 6) is 1.74. The van der Waals surface area contributed by atoms with Gasteiger partial charge in [-0.25, -0.2) is 0 Å². The fourth-order valence-electron chi connectivity index (χ4n) is 1.71. The van der Waals surface area contributed by atoms with Crippen LogP contribution in [0.1, 0.15) is 24.5 Å². The second kappa shape index (κ2) is 5.54. The molecule has 0 aliphatic carbocycles. The first-order valence-electron chi connectivity index (χ1n) is 5.36. The second-order valence-electron chi connectivity index (χ2n) is 3.65. The SMILES string of the molecule is CCC(=O)Cc1ccc(OC)c(C)c1OC. The number of ketones is 1. The molecule has 0 aromatic heterocycles. The van der Waals surface area contributed by atoms with Gasteiger partial charge in [-0.1, -0.05) is 13.0 Å². The van der Waals surface area contributed by atoms with E-state index in [2.05, 4.69) is 0 Å². The number of hydrogen-bond donors (Lipinski definition) is 0. The zero-order valence-electron chi connectivity index (χ0n) is 10.3. The van der Waals surface area contributed by atoms with Gasteiger partial charge in [0.2, 0.25) is 0 Å². The highest BCUT2D eigenvalue weighted by molar-refractivity contribution is 5.81. The lowest BCUT2D eigenvalue weighted by molar-refractivity contribution is -0.118. The Morgan fingerprint density at radius 2 is 1.94 bits per heavy atom. The monoisotopic (exact) mass is 222 g/mol. The van der Waals surface area contributed by atoms with Crippen LogP contribution in [0.4, 0.5) is 0 Å². The lowest BCUT2D eigenvalue weighted by atomic mass is 10.0. The molecule has 0 heterocycles. The predicted octanol–water partition coefficient (Wildman–Crippen LogP) is 2.53. The average molecular weight is 222 g/mol. The van der Waals surface area contributed by atoms with Gasteiger partial charge in [-0.05, 0) is 13.0 Å². The van der Waals surface area contributed by atoms with Gasteiger partial charge in [0.05, 0.1) is 14.2 Å². The molecule has 0 radical (unpaired) electrons. The number of carbonyl (C=O) groups is 1. The van der Waals surface area contributed by atoms with Crippen molar-refractivity contribution in [3.05, 3.63) is 23.3 Å². The van der Waals surface area contributed by atoms with E-state index in [9.17, 15) is 4.79 Å². The van der Waals surface area contributed by atoms with Crippen molar-refractivity contribution < 1.29 is 14.3 Å². The van der Waals surface area contributed by atoms with Gasteiger partial charge < -0.3 is 9.47 Å². The summed E-state index contributed by atoms with van der Waals surface area (Å²) in [6.45, 7) is 3.79. The molecule has 1 rings (SSSR count). The Balaban J connectivity index is 3.10. The fraction of sp³-hybridized carbons (Fsp3) is 0.462. The maximum atomic E-state index is 11.4. The lowest BCUT2D eigenvalue weighted by Crippen LogP contribution is -2.04. The molecule has 0 saturated heterocycles. The third-order valence-corrected chi connectivity index (χ3v) is 2.64. The van der Waals surface area contributed by atoms with Crippen molar-refractivity contribution in [2.75, 3.05) is 14.2 Å². The minimum atomic E-state index is 0.211. The van der Waals surface area contributed by atoms with Crippen molar-refractivity contribution >= 4 is 5.78 Å². The summed E-state index contributed by atoms with van der Waals surface area (Å²) in [6, 6.07) is 3.76. The van der Waals surface area contributed by atoms with Crippen LogP contribution in [0.25, 0.3) is 0 Å². The van der Waals surface area contributed by atoms with Crippen LogP contribution in [-0.2, 0) is 11.2 Å². The van der Waals surface area contributed by atoms with E-state index in [4.69, 9.17) is 9.47 Å². The van der Waals surface area contributed by atoms with Crippen LogP contribution >= 0.6 is 0 Å². The first-order chi connectivity index (χ1) is 7.63. The normalized spacial score (nSPS) is 10.0. The summed E-state index contributed by atoms with van der Waals surface area (Å²) in [5.41, 5.74) is 1.86. The van der Waals surface area contributed by atoms with Gasteiger partial charge in [-0.3, -0.25) is 4.79 Å². The Hall–Kier alpha value is -1.51. The molecule has 16 heavy (non-hydrogen) atoms. The maximum Gasteiger partial charge on any atom is 0.137 e.